The Morgan fingerprint density at radius 2 is 0.929 bits per heavy atom. The Morgan fingerprint density at radius 3 is 1.48 bits per heavy atom. The minimum Gasteiger partial charge on any atom is -0.507 e. The number of nitrogens with zero attached hydrogens (tertiary/aromatic N) is 7. The van der Waals surface area contributed by atoms with Gasteiger partial charge in [-0.3, -0.25) is 0 Å². The van der Waals surface area contributed by atoms with Crippen molar-refractivity contribution in [3.63, 3.8) is 0 Å². The number of hydrogen-bond donors (Lipinski definition) is 3. The van der Waals surface area contributed by atoms with Gasteiger partial charge >= 0.3 is 0 Å². The Morgan fingerprint density at radius 1 is 0.476 bits per heavy atom. The molecule has 10 nitrogen and oxygen atoms in total. The van der Waals surface area contributed by atoms with Crippen LogP contribution in [-0.4, -0.2) is 49.9 Å². The molecule has 5 heterocycles. The maximum Gasteiger partial charge on any atom is 0.180 e. The second kappa shape index (κ2) is 8.18. The lowest BCUT2D eigenvalue weighted by molar-refractivity contribution is 0.209. The lowest BCUT2D eigenvalue weighted by atomic mass is 10.1. The average molecular weight is 547 g/mol. The van der Waals surface area contributed by atoms with Crippen molar-refractivity contribution < 1.29 is 10.3 Å². The number of H-pyrrole nitrogens is 1. The summed E-state index contributed by atoms with van der Waals surface area (Å²) in [6.45, 7) is 0. The molecule has 3 aromatic heterocycles. The molecule has 0 saturated carbocycles. The molecule has 8 bridgehead atoms. The number of aromatic nitrogens is 8. The number of rotatable bonds is 0. The van der Waals surface area contributed by atoms with Crippen molar-refractivity contribution in [2.45, 2.75) is 0 Å². The van der Waals surface area contributed by atoms with Crippen LogP contribution in [0.2, 0.25) is 0 Å². The third kappa shape index (κ3) is 3.08. The molecule has 0 amide bonds. The largest absolute Gasteiger partial charge is 0.507 e. The molecule has 0 radical (unpaired) electrons. The van der Waals surface area contributed by atoms with Crippen molar-refractivity contribution >= 4 is 44.1 Å². The summed E-state index contributed by atoms with van der Waals surface area (Å²) in [5.41, 5.74) is 4.59. The number of nitrogens with one attached hydrogen (secondary N) is 1. The first-order chi connectivity index (χ1) is 20.6. The van der Waals surface area contributed by atoms with E-state index in [2.05, 4.69) is 4.98 Å². The van der Waals surface area contributed by atoms with Crippen molar-refractivity contribution in [2.75, 3.05) is 0 Å². The minimum absolute atomic E-state index is 0.0652. The summed E-state index contributed by atoms with van der Waals surface area (Å²) >= 11 is 0. The van der Waals surface area contributed by atoms with Crippen LogP contribution in [-0.2, 0) is 0 Å². The van der Waals surface area contributed by atoms with Gasteiger partial charge in [-0.05, 0) is 6.07 Å². The first-order valence-corrected chi connectivity index (χ1v) is 13.3. The van der Waals surface area contributed by atoms with E-state index in [0.717, 1.165) is 27.0 Å². The fourth-order valence-corrected chi connectivity index (χ4v) is 5.76. The van der Waals surface area contributed by atoms with Crippen molar-refractivity contribution in [3.05, 3.63) is 91.0 Å². The molecule has 4 aromatic carbocycles. The van der Waals surface area contributed by atoms with E-state index < -0.39 is 0 Å². The normalized spacial score (nSPS) is 12.0. The van der Waals surface area contributed by atoms with E-state index in [1.54, 1.807) is 12.1 Å². The van der Waals surface area contributed by atoms with Gasteiger partial charge in [-0.25, -0.2) is 29.9 Å². The van der Waals surface area contributed by atoms with E-state index in [1.807, 2.05) is 78.9 Å². The van der Waals surface area contributed by atoms with E-state index in [4.69, 9.17) is 29.9 Å². The Kier molecular flexibility index (Phi) is 4.41. The van der Waals surface area contributed by atoms with Gasteiger partial charge in [-0.2, -0.15) is 0 Å². The van der Waals surface area contributed by atoms with E-state index >= 15 is 0 Å². The zero-order chi connectivity index (χ0) is 27.9. The molecule has 0 aliphatic carbocycles. The maximum absolute atomic E-state index is 11.5. The van der Waals surface area contributed by atoms with Crippen LogP contribution in [0.3, 0.4) is 0 Å². The second-order valence-electron chi connectivity index (χ2n) is 10.1. The summed E-state index contributed by atoms with van der Waals surface area (Å²) in [4.78, 5) is 32.4. The van der Waals surface area contributed by atoms with Crippen LogP contribution < -0.4 is 0 Å². The predicted molar refractivity (Wildman–Crippen MR) is 159 cm³/mol. The van der Waals surface area contributed by atoms with E-state index in [1.165, 1.54) is 0 Å². The number of aromatic amines is 1. The smallest absolute Gasteiger partial charge is 0.180 e. The SMILES string of the molecule is Oc1cccc2c3nc4nc(nc5c6ccccc6c(nc6nc(nc([nH]3)c12)-c1ccccc1-6)n5O)-c1ccccc1-4. The first-order valence-electron chi connectivity index (χ1n) is 13.3. The molecule has 0 spiro atoms. The third-order valence-corrected chi connectivity index (χ3v) is 7.68. The highest BCUT2D eigenvalue weighted by atomic mass is 16.5. The Bertz CT molecular complexity index is 2460. The van der Waals surface area contributed by atoms with Gasteiger partial charge in [0.25, 0.3) is 0 Å². The summed E-state index contributed by atoms with van der Waals surface area (Å²) in [5, 5.41) is 25.0. The monoisotopic (exact) mass is 546 g/mol. The molecule has 10 heteroatoms. The van der Waals surface area contributed by atoms with Crippen molar-refractivity contribution in [2.24, 2.45) is 0 Å². The number of hydrogen-bond acceptors (Lipinski definition) is 8. The van der Waals surface area contributed by atoms with Gasteiger partial charge in [0.1, 0.15) is 17.0 Å². The molecule has 9 rings (SSSR count). The first kappa shape index (κ1) is 22.6. The molecule has 2 aliphatic heterocycles. The summed E-state index contributed by atoms with van der Waals surface area (Å²) in [6, 6.07) is 28.1. The van der Waals surface area contributed by atoms with Gasteiger partial charge in [0, 0.05) is 38.4 Å². The highest BCUT2D eigenvalue weighted by Crippen LogP contribution is 2.38. The second-order valence-corrected chi connectivity index (χ2v) is 10.1. The number of phenolic OH excluding ortho intramolecular Hbond substituents is 1. The number of phenols is 1. The molecular formula is C32H18N8O2. The lowest BCUT2D eigenvalue weighted by Crippen LogP contribution is -1.94. The summed E-state index contributed by atoms with van der Waals surface area (Å²) < 4.78 is 0.986. The topological polar surface area (TPSA) is 139 Å². The Labute approximate surface area is 236 Å². The van der Waals surface area contributed by atoms with Gasteiger partial charge in [0.2, 0.25) is 0 Å². The van der Waals surface area contributed by atoms with E-state index in [0.29, 0.717) is 61.8 Å². The summed E-state index contributed by atoms with van der Waals surface area (Å²) in [5.74, 6) is 1.73. The third-order valence-electron chi connectivity index (χ3n) is 7.68. The molecule has 3 N–H and O–H groups in total. The van der Waals surface area contributed by atoms with Gasteiger partial charge in [-0.1, -0.05) is 84.9 Å². The lowest BCUT2D eigenvalue weighted by Gasteiger charge is -1.98. The molecule has 7 aromatic rings. The molecule has 0 unspecified atom stereocenters. The summed E-state index contributed by atoms with van der Waals surface area (Å²) in [7, 11) is 0. The van der Waals surface area contributed by atoms with Crippen LogP contribution in [0.5, 0.6) is 5.75 Å². The fourth-order valence-electron chi connectivity index (χ4n) is 5.76. The maximum atomic E-state index is 11.5. The minimum atomic E-state index is 0.0652. The van der Waals surface area contributed by atoms with Crippen LogP contribution in [0.4, 0.5) is 0 Å². The Balaban J connectivity index is 1.54. The van der Waals surface area contributed by atoms with Gasteiger partial charge in [-0.15, -0.1) is 4.73 Å². The zero-order valence-electron chi connectivity index (χ0n) is 21.7. The molecule has 42 heavy (non-hydrogen) atoms. The predicted octanol–water partition coefficient (Wildman–Crippen LogP) is 6.29. The standard InChI is InChI=1S/C32H18N8O2/c41-23-15-7-14-22-24(23)30-36-26-17-9-2-4-11-19(17)28(34-26)39-32-21-13-6-5-12-20(21)31(40(32)42)38-27-18-10-3-1-8-16(18)25(33-27)35-29(22)37-30/h1-15,41-42H,(H,33,34,35,36,37,38,39). The molecular weight excluding hydrogens is 528 g/mol. The van der Waals surface area contributed by atoms with E-state index in [-0.39, 0.29) is 11.4 Å². The van der Waals surface area contributed by atoms with Gasteiger partial charge in [0.05, 0.1) is 5.39 Å². The van der Waals surface area contributed by atoms with Crippen LogP contribution in [0, 0.1) is 0 Å². The van der Waals surface area contributed by atoms with Crippen molar-refractivity contribution in [1.82, 2.24) is 39.6 Å². The van der Waals surface area contributed by atoms with Crippen molar-refractivity contribution in [1.29, 1.82) is 0 Å². The van der Waals surface area contributed by atoms with Crippen LogP contribution >= 0.6 is 0 Å². The van der Waals surface area contributed by atoms with Crippen LogP contribution in [0.25, 0.3) is 89.7 Å². The summed E-state index contributed by atoms with van der Waals surface area (Å²) in [6.07, 6.45) is 0. The Hall–Kier alpha value is -6.16. The zero-order valence-corrected chi connectivity index (χ0v) is 21.7. The average Bonchev–Trinajstić information content (AvgIpc) is 3.72. The fraction of sp³-hybridized carbons (Fsp3) is 0. The molecule has 0 saturated heterocycles. The highest BCUT2D eigenvalue weighted by molar-refractivity contribution is 6.08. The van der Waals surface area contributed by atoms with Crippen molar-refractivity contribution in [3.8, 4) is 51.3 Å². The molecule has 0 atom stereocenters. The molecule has 2 aliphatic rings. The quantitative estimate of drug-likeness (QED) is 0.189. The van der Waals surface area contributed by atoms with Crippen LogP contribution in [0.1, 0.15) is 0 Å². The van der Waals surface area contributed by atoms with Crippen LogP contribution in [0.15, 0.2) is 91.0 Å². The number of aromatic hydroxyl groups is 1. The van der Waals surface area contributed by atoms with E-state index in [9.17, 15) is 10.3 Å². The highest BCUT2D eigenvalue weighted by Gasteiger charge is 2.23. The van der Waals surface area contributed by atoms with Gasteiger partial charge < -0.3 is 15.3 Å². The van der Waals surface area contributed by atoms with Gasteiger partial charge in [0.15, 0.2) is 34.6 Å². The molecule has 0 fully saturated rings. The number of benzene rings is 4. The molecule has 198 valence electrons. The number of fused-ring (bicyclic) bond motifs is 20.